The topological polar surface area (TPSA) is 66.4 Å². The van der Waals surface area contributed by atoms with Gasteiger partial charge in [0, 0.05) is 12.4 Å². The van der Waals surface area contributed by atoms with Crippen LogP contribution in [0.4, 0.5) is 0 Å². The van der Waals surface area contributed by atoms with Crippen molar-refractivity contribution in [3.05, 3.63) is 0 Å². The van der Waals surface area contributed by atoms with Gasteiger partial charge in [-0.15, -0.1) is 11.6 Å². The second-order valence-electron chi connectivity index (χ2n) is 5.13. The van der Waals surface area contributed by atoms with E-state index in [1.807, 2.05) is 13.8 Å². The van der Waals surface area contributed by atoms with Crippen LogP contribution in [0, 0.1) is 5.92 Å². The van der Waals surface area contributed by atoms with E-state index in [1.165, 1.54) is 0 Å². The molecule has 1 unspecified atom stereocenters. The number of halogens is 1. The maximum absolute atomic E-state index is 11.6. The van der Waals surface area contributed by atoms with Crippen molar-refractivity contribution >= 4 is 21.6 Å². The molecule has 0 saturated heterocycles. The molecule has 0 aliphatic rings. The minimum absolute atomic E-state index is 0.0639. The van der Waals surface area contributed by atoms with Crippen molar-refractivity contribution < 1.29 is 13.5 Å². The van der Waals surface area contributed by atoms with Crippen LogP contribution in [-0.4, -0.2) is 37.3 Å². The fourth-order valence-corrected chi connectivity index (χ4v) is 3.12. The molecule has 0 aromatic heterocycles. The van der Waals surface area contributed by atoms with E-state index in [0.29, 0.717) is 31.1 Å². The number of rotatable bonds is 9. The normalized spacial score (nSPS) is 16.1. The average molecular weight is 286 g/mol. The molecule has 0 amide bonds. The Labute approximate surface area is 110 Å². The van der Waals surface area contributed by atoms with Gasteiger partial charge in [-0.05, 0) is 32.1 Å². The van der Waals surface area contributed by atoms with Crippen LogP contribution in [0.2, 0.25) is 0 Å². The molecule has 0 spiro atoms. The van der Waals surface area contributed by atoms with Crippen molar-refractivity contribution in [2.24, 2.45) is 5.92 Å². The van der Waals surface area contributed by atoms with Crippen molar-refractivity contribution in [3.8, 4) is 0 Å². The molecular formula is C11H24ClNO3S. The first kappa shape index (κ1) is 17.2. The average Bonchev–Trinajstić information content (AvgIpc) is 2.14. The maximum atomic E-state index is 11.6. The van der Waals surface area contributed by atoms with Gasteiger partial charge in [-0.25, -0.2) is 13.1 Å². The van der Waals surface area contributed by atoms with Gasteiger partial charge in [0.1, 0.15) is 0 Å². The Morgan fingerprint density at radius 3 is 2.41 bits per heavy atom. The maximum Gasteiger partial charge on any atom is 0.211 e. The Hall–Kier alpha value is 0.160. The Kier molecular flexibility index (Phi) is 7.63. The first-order valence-electron chi connectivity index (χ1n) is 5.94. The van der Waals surface area contributed by atoms with Crippen LogP contribution in [0.5, 0.6) is 0 Å². The molecule has 0 aliphatic carbocycles. The summed E-state index contributed by atoms with van der Waals surface area (Å²) in [6.45, 7) is 5.69. The quantitative estimate of drug-likeness (QED) is 0.501. The van der Waals surface area contributed by atoms with Crippen molar-refractivity contribution in [2.45, 2.75) is 45.6 Å². The molecule has 2 N–H and O–H groups in total. The lowest BCUT2D eigenvalue weighted by Crippen LogP contribution is -2.42. The summed E-state index contributed by atoms with van der Waals surface area (Å²) >= 11 is 5.48. The summed E-state index contributed by atoms with van der Waals surface area (Å²) in [4.78, 5) is 0. The van der Waals surface area contributed by atoms with Gasteiger partial charge in [0.15, 0.2) is 0 Å². The molecule has 0 aromatic rings. The molecule has 104 valence electrons. The van der Waals surface area contributed by atoms with Gasteiger partial charge in [-0.1, -0.05) is 13.8 Å². The molecule has 0 aliphatic heterocycles. The van der Waals surface area contributed by atoms with Crippen LogP contribution in [0.1, 0.15) is 40.0 Å². The second kappa shape index (κ2) is 7.56. The third-order valence-electron chi connectivity index (χ3n) is 2.32. The van der Waals surface area contributed by atoms with Crippen molar-refractivity contribution in [1.29, 1.82) is 0 Å². The van der Waals surface area contributed by atoms with Crippen molar-refractivity contribution in [1.82, 2.24) is 4.72 Å². The van der Waals surface area contributed by atoms with E-state index in [9.17, 15) is 13.5 Å². The summed E-state index contributed by atoms with van der Waals surface area (Å²) in [5.74, 6) is 0.865. The van der Waals surface area contributed by atoms with E-state index in [-0.39, 0.29) is 12.3 Å². The monoisotopic (exact) mass is 285 g/mol. The molecule has 4 nitrogen and oxygen atoms in total. The van der Waals surface area contributed by atoms with Gasteiger partial charge in [-0.3, -0.25) is 0 Å². The minimum atomic E-state index is -3.29. The van der Waals surface area contributed by atoms with E-state index in [4.69, 9.17) is 11.6 Å². The molecule has 17 heavy (non-hydrogen) atoms. The van der Waals surface area contributed by atoms with Crippen LogP contribution < -0.4 is 4.72 Å². The lowest BCUT2D eigenvalue weighted by Gasteiger charge is -2.25. The Balaban J connectivity index is 4.08. The van der Waals surface area contributed by atoms with Gasteiger partial charge < -0.3 is 5.11 Å². The summed E-state index contributed by atoms with van der Waals surface area (Å²) in [7, 11) is -3.29. The number of sulfonamides is 1. The lowest BCUT2D eigenvalue weighted by molar-refractivity contribution is 0.0437. The number of hydrogen-bond donors (Lipinski definition) is 2. The molecule has 0 heterocycles. The zero-order valence-corrected chi connectivity index (χ0v) is 12.4. The lowest BCUT2D eigenvalue weighted by atomic mass is 9.95. The number of aliphatic hydroxyl groups is 1. The van der Waals surface area contributed by atoms with Gasteiger partial charge in [0.2, 0.25) is 10.0 Å². The van der Waals surface area contributed by atoms with Crippen LogP contribution in [0.25, 0.3) is 0 Å². The highest BCUT2D eigenvalue weighted by atomic mass is 35.5. The van der Waals surface area contributed by atoms with Gasteiger partial charge in [0.05, 0.1) is 11.4 Å². The smallest absolute Gasteiger partial charge is 0.211 e. The van der Waals surface area contributed by atoms with Crippen molar-refractivity contribution in [3.63, 3.8) is 0 Å². The number of nitrogens with one attached hydrogen (secondary N) is 1. The fourth-order valence-electron chi connectivity index (χ4n) is 1.68. The summed E-state index contributed by atoms with van der Waals surface area (Å²) in [6.07, 6.45) is 1.80. The van der Waals surface area contributed by atoms with Crippen LogP contribution in [0.15, 0.2) is 0 Å². The predicted octanol–water partition coefficient (Wildman–Crippen LogP) is 1.72. The van der Waals surface area contributed by atoms with E-state index < -0.39 is 15.6 Å². The van der Waals surface area contributed by atoms with Crippen LogP contribution in [0.3, 0.4) is 0 Å². The fraction of sp³-hybridized carbons (Fsp3) is 1.00. The predicted molar refractivity (Wildman–Crippen MR) is 71.8 cm³/mol. The first-order chi connectivity index (χ1) is 7.68. The molecule has 0 aromatic carbocycles. The molecule has 0 fully saturated rings. The first-order valence-corrected chi connectivity index (χ1v) is 8.13. The highest BCUT2D eigenvalue weighted by Crippen LogP contribution is 2.15. The minimum Gasteiger partial charge on any atom is -0.389 e. The van der Waals surface area contributed by atoms with Gasteiger partial charge in [0.25, 0.3) is 0 Å². The second-order valence-corrected chi connectivity index (χ2v) is 7.44. The number of hydrogen-bond acceptors (Lipinski definition) is 3. The number of unbranched alkanes of at least 4 members (excludes halogenated alkanes) is 1. The van der Waals surface area contributed by atoms with E-state index in [1.54, 1.807) is 6.92 Å². The zero-order chi connectivity index (χ0) is 13.5. The molecule has 0 saturated carbocycles. The van der Waals surface area contributed by atoms with E-state index >= 15 is 0 Å². The molecule has 0 rings (SSSR count). The highest BCUT2D eigenvalue weighted by Gasteiger charge is 2.24. The third-order valence-corrected chi connectivity index (χ3v) is 4.00. The molecule has 1 atom stereocenters. The summed E-state index contributed by atoms with van der Waals surface area (Å²) in [6, 6.07) is 0. The molecule has 6 heteroatoms. The summed E-state index contributed by atoms with van der Waals surface area (Å²) < 4.78 is 25.6. The number of alkyl halides is 1. The summed E-state index contributed by atoms with van der Waals surface area (Å²) in [5.41, 5.74) is -0.992. The Bertz CT molecular complexity index is 302. The van der Waals surface area contributed by atoms with E-state index in [0.717, 1.165) is 0 Å². The highest BCUT2D eigenvalue weighted by molar-refractivity contribution is 7.89. The molecular weight excluding hydrogens is 262 g/mol. The molecule has 0 radical (unpaired) electrons. The zero-order valence-electron chi connectivity index (χ0n) is 10.9. The standard InChI is InChI=1S/C11H24ClNO3S/c1-10(2)8-11(3,14)9-13-17(15,16)7-5-4-6-12/h10,13-14H,4-9H2,1-3H3. The van der Waals surface area contributed by atoms with Crippen LogP contribution in [-0.2, 0) is 10.0 Å². The Morgan fingerprint density at radius 2 is 1.94 bits per heavy atom. The van der Waals surface area contributed by atoms with Gasteiger partial charge >= 0.3 is 0 Å². The Morgan fingerprint density at radius 1 is 1.35 bits per heavy atom. The van der Waals surface area contributed by atoms with Crippen LogP contribution >= 0.6 is 11.6 Å². The van der Waals surface area contributed by atoms with Gasteiger partial charge in [-0.2, -0.15) is 0 Å². The van der Waals surface area contributed by atoms with Crippen molar-refractivity contribution in [2.75, 3.05) is 18.2 Å². The third kappa shape index (κ3) is 9.83. The SMILES string of the molecule is CC(C)CC(C)(O)CNS(=O)(=O)CCCCCl. The van der Waals surface area contributed by atoms with E-state index in [2.05, 4.69) is 4.72 Å². The largest absolute Gasteiger partial charge is 0.389 e. The summed E-state index contributed by atoms with van der Waals surface area (Å²) in [5, 5.41) is 9.97. The molecule has 0 bridgehead atoms.